The maximum Gasteiger partial charge on any atom is 0.108 e. The molecule has 1 aliphatic rings. The van der Waals surface area contributed by atoms with Crippen LogP contribution in [0.3, 0.4) is 0 Å². The van der Waals surface area contributed by atoms with E-state index in [4.69, 9.17) is 4.98 Å². The Hall–Kier alpha value is -0.390. The van der Waals surface area contributed by atoms with Gasteiger partial charge in [-0.05, 0) is 57.6 Å². The fraction of sp³-hybridized carbons (Fsp3) is 0.533. The van der Waals surface area contributed by atoms with E-state index < -0.39 is 0 Å². The van der Waals surface area contributed by atoms with E-state index in [1.54, 1.807) is 0 Å². The number of piperidine rings is 1. The number of nitrogens with zero attached hydrogens (tertiary/aromatic N) is 2. The molecule has 2 aromatic rings. The molecule has 2 heterocycles. The number of para-hydroxylation sites is 1. The minimum atomic E-state index is 0. The Bertz CT molecular complexity index is 505. The summed E-state index contributed by atoms with van der Waals surface area (Å²) in [6.07, 6.45) is 2.62. The average molecular weight is 348 g/mol. The van der Waals surface area contributed by atoms with E-state index in [1.165, 1.54) is 35.6 Å². The van der Waals surface area contributed by atoms with Crippen molar-refractivity contribution in [3.63, 3.8) is 0 Å². The predicted octanol–water partition coefficient (Wildman–Crippen LogP) is 3.57. The number of halogens is 2. The summed E-state index contributed by atoms with van der Waals surface area (Å²) >= 11 is 1.84. The minimum Gasteiger partial charge on any atom is -0.319 e. The second-order valence-electron chi connectivity index (χ2n) is 5.35. The van der Waals surface area contributed by atoms with Crippen molar-refractivity contribution in [2.24, 2.45) is 5.92 Å². The van der Waals surface area contributed by atoms with Crippen LogP contribution in [0.4, 0.5) is 0 Å². The lowest BCUT2D eigenvalue weighted by atomic mass is 9.97. The number of hydrogen-bond acceptors (Lipinski definition) is 4. The molecule has 1 aromatic heterocycles. The van der Waals surface area contributed by atoms with Crippen molar-refractivity contribution in [2.75, 3.05) is 26.7 Å². The third-order valence-corrected chi connectivity index (χ3v) is 4.92. The van der Waals surface area contributed by atoms with E-state index in [0.717, 1.165) is 24.5 Å². The van der Waals surface area contributed by atoms with Gasteiger partial charge in [-0.2, -0.15) is 0 Å². The lowest BCUT2D eigenvalue weighted by molar-refractivity contribution is 0.176. The fourth-order valence-corrected chi connectivity index (χ4v) is 3.83. The first-order valence-electron chi connectivity index (χ1n) is 7.06. The first-order valence-corrected chi connectivity index (χ1v) is 7.88. The van der Waals surface area contributed by atoms with E-state index >= 15 is 0 Å². The van der Waals surface area contributed by atoms with Crippen LogP contribution in [0, 0.1) is 5.92 Å². The Kier molecular flexibility index (Phi) is 7.92. The lowest BCUT2D eigenvalue weighted by Gasteiger charge is -2.31. The zero-order chi connectivity index (χ0) is 13.1. The Morgan fingerprint density at radius 1 is 1.24 bits per heavy atom. The molecule has 0 saturated carbocycles. The molecular weight excluding hydrogens is 325 g/mol. The van der Waals surface area contributed by atoms with E-state index in [1.807, 2.05) is 18.4 Å². The molecule has 0 amide bonds. The summed E-state index contributed by atoms with van der Waals surface area (Å²) in [5, 5.41) is 4.55. The normalized spacial score (nSPS) is 16.4. The highest BCUT2D eigenvalue weighted by molar-refractivity contribution is 7.18. The van der Waals surface area contributed by atoms with Crippen LogP contribution in [0.1, 0.15) is 17.8 Å². The van der Waals surface area contributed by atoms with Gasteiger partial charge in [0.1, 0.15) is 5.01 Å². The Balaban J connectivity index is 0.00000110. The zero-order valence-corrected chi connectivity index (χ0v) is 14.7. The van der Waals surface area contributed by atoms with E-state index in [9.17, 15) is 0 Å². The smallest absolute Gasteiger partial charge is 0.108 e. The number of hydrogen-bond donors (Lipinski definition) is 1. The van der Waals surface area contributed by atoms with Crippen LogP contribution in [0.5, 0.6) is 0 Å². The molecule has 0 bridgehead atoms. The Labute approximate surface area is 143 Å². The topological polar surface area (TPSA) is 28.2 Å². The molecule has 1 aromatic carbocycles. The minimum absolute atomic E-state index is 0. The van der Waals surface area contributed by atoms with E-state index in [2.05, 4.69) is 34.5 Å². The van der Waals surface area contributed by atoms with Crippen molar-refractivity contribution in [1.29, 1.82) is 0 Å². The maximum atomic E-state index is 4.73. The highest BCUT2D eigenvalue weighted by atomic mass is 35.5. The van der Waals surface area contributed by atoms with Gasteiger partial charge in [0.2, 0.25) is 0 Å². The summed E-state index contributed by atoms with van der Waals surface area (Å²) in [5.41, 5.74) is 1.15. The molecule has 0 aliphatic carbocycles. The number of benzene rings is 1. The number of nitrogens with one attached hydrogen (secondary N) is 1. The monoisotopic (exact) mass is 347 g/mol. The molecular formula is C15H23Cl2N3S. The molecule has 0 atom stereocenters. The largest absolute Gasteiger partial charge is 0.319 e. The van der Waals surface area contributed by atoms with E-state index in [0.29, 0.717) is 0 Å². The van der Waals surface area contributed by atoms with Crippen molar-refractivity contribution < 1.29 is 0 Å². The van der Waals surface area contributed by atoms with Gasteiger partial charge in [-0.25, -0.2) is 4.98 Å². The van der Waals surface area contributed by atoms with Crippen LogP contribution in [0.25, 0.3) is 10.2 Å². The standard InChI is InChI=1S/C15H21N3S.2ClH/c1-16-10-12-6-8-18(9-7-12)11-15-17-13-4-2-3-5-14(13)19-15;;/h2-5,12,16H,6-11H2,1H3;2*1H. The molecule has 1 N–H and O–H groups in total. The van der Waals surface area contributed by atoms with Gasteiger partial charge in [-0.1, -0.05) is 12.1 Å². The molecule has 21 heavy (non-hydrogen) atoms. The van der Waals surface area contributed by atoms with Crippen molar-refractivity contribution in [3.05, 3.63) is 29.3 Å². The zero-order valence-electron chi connectivity index (χ0n) is 12.2. The van der Waals surface area contributed by atoms with Gasteiger partial charge in [0.15, 0.2) is 0 Å². The first kappa shape index (κ1) is 18.7. The molecule has 1 aliphatic heterocycles. The summed E-state index contributed by atoms with van der Waals surface area (Å²) in [6.45, 7) is 4.60. The van der Waals surface area contributed by atoms with Crippen LogP contribution < -0.4 is 5.32 Å². The molecule has 0 radical (unpaired) electrons. The lowest BCUT2D eigenvalue weighted by Crippen LogP contribution is -2.36. The molecule has 118 valence electrons. The fourth-order valence-electron chi connectivity index (χ4n) is 2.82. The number of likely N-dealkylation sites (tertiary alicyclic amines) is 1. The van der Waals surface area contributed by atoms with Crippen molar-refractivity contribution in [3.8, 4) is 0 Å². The summed E-state index contributed by atoms with van der Waals surface area (Å²) < 4.78 is 1.31. The highest BCUT2D eigenvalue weighted by Gasteiger charge is 2.19. The third kappa shape index (κ3) is 4.80. The number of rotatable bonds is 4. The van der Waals surface area contributed by atoms with E-state index in [-0.39, 0.29) is 24.8 Å². The van der Waals surface area contributed by atoms with Crippen molar-refractivity contribution in [1.82, 2.24) is 15.2 Å². The van der Waals surface area contributed by atoms with Crippen LogP contribution in [0.15, 0.2) is 24.3 Å². The van der Waals surface area contributed by atoms with Gasteiger partial charge in [0, 0.05) is 0 Å². The van der Waals surface area contributed by atoms with Gasteiger partial charge < -0.3 is 5.32 Å². The quantitative estimate of drug-likeness (QED) is 0.916. The second-order valence-corrected chi connectivity index (χ2v) is 6.47. The number of aromatic nitrogens is 1. The molecule has 3 nitrogen and oxygen atoms in total. The van der Waals surface area contributed by atoms with Crippen LogP contribution >= 0.6 is 36.2 Å². The van der Waals surface area contributed by atoms with Gasteiger partial charge in [-0.3, -0.25) is 4.90 Å². The van der Waals surface area contributed by atoms with Gasteiger partial charge in [-0.15, -0.1) is 36.2 Å². The number of fused-ring (bicyclic) bond motifs is 1. The molecule has 3 rings (SSSR count). The van der Waals surface area contributed by atoms with Gasteiger partial charge >= 0.3 is 0 Å². The average Bonchev–Trinajstić information content (AvgIpc) is 2.83. The molecule has 0 spiro atoms. The SMILES string of the molecule is CNCC1CCN(Cc2nc3ccccc3s2)CC1.Cl.Cl. The van der Waals surface area contributed by atoms with Gasteiger partial charge in [0.25, 0.3) is 0 Å². The van der Waals surface area contributed by atoms with Crippen molar-refractivity contribution in [2.45, 2.75) is 19.4 Å². The first-order chi connectivity index (χ1) is 9.35. The van der Waals surface area contributed by atoms with Crippen LogP contribution in [-0.4, -0.2) is 36.6 Å². The number of thiazole rings is 1. The van der Waals surface area contributed by atoms with Crippen LogP contribution in [0.2, 0.25) is 0 Å². The summed E-state index contributed by atoms with van der Waals surface area (Å²) in [6, 6.07) is 8.42. The Morgan fingerprint density at radius 2 is 1.95 bits per heavy atom. The summed E-state index contributed by atoms with van der Waals surface area (Å²) in [7, 11) is 2.05. The predicted molar refractivity (Wildman–Crippen MR) is 96.0 cm³/mol. The molecule has 1 fully saturated rings. The van der Waals surface area contributed by atoms with Crippen LogP contribution in [-0.2, 0) is 6.54 Å². The third-order valence-electron chi connectivity index (χ3n) is 3.90. The Morgan fingerprint density at radius 3 is 2.62 bits per heavy atom. The maximum absolute atomic E-state index is 4.73. The molecule has 6 heteroatoms. The highest BCUT2D eigenvalue weighted by Crippen LogP contribution is 2.24. The summed E-state index contributed by atoms with van der Waals surface area (Å²) in [5.74, 6) is 0.858. The second kappa shape index (κ2) is 8.91. The molecule has 0 unspecified atom stereocenters. The molecule has 1 saturated heterocycles. The van der Waals surface area contributed by atoms with Gasteiger partial charge in [0.05, 0.1) is 16.8 Å². The van der Waals surface area contributed by atoms with Crippen molar-refractivity contribution >= 4 is 46.4 Å². The summed E-state index contributed by atoms with van der Waals surface area (Å²) in [4.78, 5) is 7.27.